The van der Waals surface area contributed by atoms with Crippen LogP contribution in [0, 0.1) is 10.8 Å². The lowest BCUT2D eigenvalue weighted by Crippen LogP contribution is -2.57. The molecule has 110 valence electrons. The van der Waals surface area contributed by atoms with E-state index in [1.807, 2.05) is 0 Å². The predicted molar refractivity (Wildman–Crippen MR) is 83.8 cm³/mol. The Balaban J connectivity index is 1.56. The molecule has 0 N–H and O–H groups in total. The second kappa shape index (κ2) is 5.33. The van der Waals surface area contributed by atoms with Crippen LogP contribution < -0.4 is 0 Å². The summed E-state index contributed by atoms with van der Waals surface area (Å²) in [4.78, 5) is 0.727. The second-order valence-corrected chi connectivity index (χ2v) is 9.09. The Morgan fingerprint density at radius 1 is 0.947 bits per heavy atom. The lowest BCUT2D eigenvalue weighted by Gasteiger charge is -2.56. The topological polar surface area (TPSA) is 9.23 Å². The first-order valence-electron chi connectivity index (χ1n) is 8.31. The van der Waals surface area contributed by atoms with Crippen LogP contribution in [-0.2, 0) is 4.74 Å². The quantitative estimate of drug-likeness (QED) is 0.611. The molecule has 3 fully saturated rings. The Labute approximate surface area is 127 Å². The highest BCUT2D eigenvalue weighted by Crippen LogP contribution is 2.57. The van der Waals surface area contributed by atoms with Crippen molar-refractivity contribution in [3.8, 4) is 0 Å². The number of halogens is 1. The molecule has 3 rings (SSSR count). The molecule has 0 heterocycles. The van der Waals surface area contributed by atoms with E-state index in [-0.39, 0.29) is 0 Å². The Morgan fingerprint density at radius 2 is 1.58 bits per heavy atom. The maximum atomic E-state index is 6.55. The highest BCUT2D eigenvalue weighted by molar-refractivity contribution is 9.09. The zero-order valence-corrected chi connectivity index (χ0v) is 14.2. The molecule has 0 radical (unpaired) electrons. The molecular formula is C17H29BrO. The summed E-state index contributed by atoms with van der Waals surface area (Å²) in [6.45, 7) is 4.81. The highest BCUT2D eigenvalue weighted by atomic mass is 79.9. The van der Waals surface area contributed by atoms with Crippen LogP contribution in [0.2, 0.25) is 0 Å². The molecule has 3 saturated carbocycles. The molecule has 19 heavy (non-hydrogen) atoms. The van der Waals surface area contributed by atoms with E-state index in [9.17, 15) is 0 Å². The molecule has 2 atom stereocenters. The van der Waals surface area contributed by atoms with Gasteiger partial charge in [0.2, 0.25) is 0 Å². The van der Waals surface area contributed by atoms with Gasteiger partial charge in [-0.25, -0.2) is 0 Å². The molecule has 0 amide bonds. The zero-order valence-electron chi connectivity index (χ0n) is 12.6. The average molecular weight is 329 g/mol. The Kier molecular flexibility index (Phi) is 4.03. The summed E-state index contributed by atoms with van der Waals surface area (Å²) < 4.78 is 6.55. The third kappa shape index (κ3) is 2.77. The standard InChI is InChI=1S/C17H29BrO/c1-16(2)10-6-13(7-11-16)19-15-12-14(18)17(15)8-4-3-5-9-17/h13-15H,3-12H2,1-2H3. The summed E-state index contributed by atoms with van der Waals surface area (Å²) in [6.07, 6.45) is 14.7. The third-order valence-corrected chi connectivity index (χ3v) is 7.40. The van der Waals surface area contributed by atoms with E-state index in [0.717, 1.165) is 4.83 Å². The van der Waals surface area contributed by atoms with Gasteiger partial charge in [0.25, 0.3) is 0 Å². The summed E-state index contributed by atoms with van der Waals surface area (Å²) in [6, 6.07) is 0. The minimum absolute atomic E-state index is 0.505. The van der Waals surface area contributed by atoms with Crippen LogP contribution in [-0.4, -0.2) is 17.0 Å². The summed E-state index contributed by atoms with van der Waals surface area (Å²) in [5.74, 6) is 0. The molecule has 0 bridgehead atoms. The van der Waals surface area contributed by atoms with Crippen molar-refractivity contribution >= 4 is 15.9 Å². The van der Waals surface area contributed by atoms with Crippen molar-refractivity contribution in [3.05, 3.63) is 0 Å². The Bertz CT molecular complexity index is 309. The van der Waals surface area contributed by atoms with Crippen molar-refractivity contribution in [2.75, 3.05) is 0 Å². The number of rotatable bonds is 2. The van der Waals surface area contributed by atoms with Crippen molar-refractivity contribution in [3.63, 3.8) is 0 Å². The highest BCUT2D eigenvalue weighted by Gasteiger charge is 2.55. The molecule has 3 aliphatic rings. The third-order valence-electron chi connectivity index (χ3n) is 6.11. The van der Waals surface area contributed by atoms with Gasteiger partial charge in [-0.15, -0.1) is 0 Å². The Hall–Kier alpha value is 0.440. The van der Waals surface area contributed by atoms with E-state index in [1.165, 1.54) is 64.2 Å². The molecule has 2 unspecified atom stereocenters. The van der Waals surface area contributed by atoms with E-state index in [1.54, 1.807) is 0 Å². The lowest BCUT2D eigenvalue weighted by atomic mass is 9.58. The monoisotopic (exact) mass is 328 g/mol. The van der Waals surface area contributed by atoms with Gasteiger partial charge in [-0.3, -0.25) is 0 Å². The van der Waals surface area contributed by atoms with Gasteiger partial charge >= 0.3 is 0 Å². The summed E-state index contributed by atoms with van der Waals surface area (Å²) in [7, 11) is 0. The maximum Gasteiger partial charge on any atom is 0.0656 e. The predicted octanol–water partition coefficient (Wildman–Crippen LogP) is 5.46. The van der Waals surface area contributed by atoms with E-state index in [0.29, 0.717) is 23.0 Å². The van der Waals surface area contributed by atoms with Crippen molar-refractivity contribution in [1.82, 2.24) is 0 Å². The van der Waals surface area contributed by atoms with Crippen molar-refractivity contribution in [1.29, 1.82) is 0 Å². The van der Waals surface area contributed by atoms with Gasteiger partial charge in [0, 0.05) is 10.2 Å². The van der Waals surface area contributed by atoms with Crippen LogP contribution in [0.5, 0.6) is 0 Å². The van der Waals surface area contributed by atoms with Crippen LogP contribution in [0.25, 0.3) is 0 Å². The summed E-state index contributed by atoms with van der Waals surface area (Å²) in [5, 5.41) is 0. The van der Waals surface area contributed by atoms with E-state index < -0.39 is 0 Å². The number of alkyl halides is 1. The maximum absolute atomic E-state index is 6.55. The molecule has 0 aromatic rings. The smallest absolute Gasteiger partial charge is 0.0656 e. The van der Waals surface area contributed by atoms with Crippen LogP contribution in [0.1, 0.15) is 78.1 Å². The van der Waals surface area contributed by atoms with Crippen molar-refractivity contribution in [2.45, 2.75) is 95.1 Å². The van der Waals surface area contributed by atoms with Gasteiger partial charge in [-0.2, -0.15) is 0 Å². The fourth-order valence-corrected chi connectivity index (χ4v) is 5.57. The van der Waals surface area contributed by atoms with Crippen LogP contribution >= 0.6 is 15.9 Å². The van der Waals surface area contributed by atoms with Gasteiger partial charge in [0.1, 0.15) is 0 Å². The van der Waals surface area contributed by atoms with Gasteiger partial charge in [-0.1, -0.05) is 49.0 Å². The molecule has 2 heteroatoms. The molecule has 0 aromatic carbocycles. The number of hydrogen-bond donors (Lipinski definition) is 0. The molecule has 0 aliphatic heterocycles. The van der Waals surface area contributed by atoms with E-state index in [4.69, 9.17) is 4.74 Å². The Morgan fingerprint density at radius 3 is 2.16 bits per heavy atom. The summed E-state index contributed by atoms with van der Waals surface area (Å²) in [5.41, 5.74) is 1.06. The second-order valence-electron chi connectivity index (χ2n) is 7.99. The zero-order chi connectivity index (χ0) is 13.5. The largest absolute Gasteiger partial charge is 0.374 e. The fourth-order valence-electron chi connectivity index (χ4n) is 4.48. The van der Waals surface area contributed by atoms with Gasteiger partial charge in [0.15, 0.2) is 0 Å². The lowest BCUT2D eigenvalue weighted by molar-refractivity contribution is -0.160. The average Bonchev–Trinajstić information content (AvgIpc) is 2.41. The van der Waals surface area contributed by atoms with Crippen LogP contribution in [0.3, 0.4) is 0 Å². The van der Waals surface area contributed by atoms with Crippen molar-refractivity contribution < 1.29 is 4.74 Å². The summed E-state index contributed by atoms with van der Waals surface area (Å²) >= 11 is 3.92. The first-order valence-corrected chi connectivity index (χ1v) is 9.23. The molecule has 0 saturated heterocycles. The number of ether oxygens (including phenoxy) is 1. The minimum Gasteiger partial charge on any atom is -0.374 e. The van der Waals surface area contributed by atoms with Gasteiger partial charge in [-0.05, 0) is 50.4 Å². The van der Waals surface area contributed by atoms with E-state index >= 15 is 0 Å². The van der Waals surface area contributed by atoms with Gasteiger partial charge in [0.05, 0.1) is 12.2 Å². The van der Waals surface area contributed by atoms with Crippen LogP contribution in [0.15, 0.2) is 0 Å². The van der Waals surface area contributed by atoms with Crippen LogP contribution in [0.4, 0.5) is 0 Å². The SMILES string of the molecule is CC1(C)CCC(OC2CC(Br)C23CCCCC3)CC1. The molecule has 0 aromatic heterocycles. The first kappa shape index (κ1) is 14.4. The first-order chi connectivity index (χ1) is 9.02. The molecule has 1 spiro atoms. The number of hydrogen-bond acceptors (Lipinski definition) is 1. The molecular weight excluding hydrogens is 300 g/mol. The fraction of sp³-hybridized carbons (Fsp3) is 1.00. The minimum atomic E-state index is 0.505. The molecule has 3 aliphatic carbocycles. The normalized spacial score (nSPS) is 38.1. The van der Waals surface area contributed by atoms with Crippen molar-refractivity contribution in [2.24, 2.45) is 10.8 Å². The van der Waals surface area contributed by atoms with E-state index in [2.05, 4.69) is 29.8 Å². The van der Waals surface area contributed by atoms with Gasteiger partial charge < -0.3 is 4.74 Å². The molecule has 1 nitrogen and oxygen atoms in total.